The maximum absolute atomic E-state index is 13.1. The zero-order valence-electron chi connectivity index (χ0n) is 60.7. The highest BCUT2D eigenvalue weighted by atomic mass is 31.2. The third-order valence-corrected chi connectivity index (χ3v) is 19.0. The summed E-state index contributed by atoms with van der Waals surface area (Å²) in [6, 6.07) is 0. The van der Waals surface area contributed by atoms with Crippen LogP contribution in [0.1, 0.15) is 376 Å². The first-order valence-corrected chi connectivity index (χ1v) is 41.3. The standard InChI is InChI=1S/C74H144O17P2/c1-8-9-10-11-12-13-14-15-16-17-21-27-34-41-48-55-71(76)84-61-69(90-73(78)57-50-43-35-28-22-19-18-20-25-31-38-45-52-65(2)3)63-88-92(80,81)86-59-68(75)60-87-93(82,83)89-64-70(62-85-72(77)56-49-42-37-30-33-40-47-54-67(6)7)91-74(79)58-51-44-36-29-24-23-26-32-39-46-53-66(4)5/h65-70,75H,8-64H2,1-7H3,(H,80,81)(H,82,83)/t68-,69-,70-/m1/s1. The van der Waals surface area contributed by atoms with Gasteiger partial charge in [0.1, 0.15) is 19.3 Å². The van der Waals surface area contributed by atoms with Crippen molar-refractivity contribution in [3.63, 3.8) is 0 Å². The van der Waals surface area contributed by atoms with Gasteiger partial charge in [0.25, 0.3) is 0 Å². The molecule has 0 aromatic heterocycles. The van der Waals surface area contributed by atoms with E-state index >= 15 is 0 Å². The molecule has 0 aliphatic heterocycles. The van der Waals surface area contributed by atoms with Gasteiger partial charge in [0.15, 0.2) is 12.2 Å². The predicted octanol–water partition coefficient (Wildman–Crippen LogP) is 21.4. The number of esters is 4. The van der Waals surface area contributed by atoms with E-state index in [1.165, 1.54) is 180 Å². The predicted molar refractivity (Wildman–Crippen MR) is 377 cm³/mol. The molecule has 93 heavy (non-hydrogen) atoms. The Morgan fingerprint density at radius 1 is 0.290 bits per heavy atom. The van der Waals surface area contributed by atoms with Crippen LogP contribution in [-0.4, -0.2) is 96.7 Å². The zero-order valence-corrected chi connectivity index (χ0v) is 62.5. The van der Waals surface area contributed by atoms with Crippen molar-refractivity contribution in [3.8, 4) is 0 Å². The molecule has 0 saturated heterocycles. The number of hydrogen-bond donors (Lipinski definition) is 3. The van der Waals surface area contributed by atoms with Gasteiger partial charge in [0, 0.05) is 25.7 Å². The molecule has 0 aromatic rings. The Balaban J connectivity index is 5.26. The van der Waals surface area contributed by atoms with Crippen molar-refractivity contribution in [2.24, 2.45) is 17.8 Å². The Kier molecular flexibility index (Phi) is 63.4. The minimum atomic E-state index is -4.96. The summed E-state index contributed by atoms with van der Waals surface area (Å²) in [7, 11) is -9.91. The maximum Gasteiger partial charge on any atom is 0.472 e. The summed E-state index contributed by atoms with van der Waals surface area (Å²) in [6.07, 6.45) is 50.0. The number of unbranched alkanes of at least 4 members (excludes halogenated alkanes) is 40. The lowest BCUT2D eigenvalue weighted by atomic mass is 10.0. The van der Waals surface area contributed by atoms with Gasteiger partial charge in [0.2, 0.25) is 0 Å². The molecule has 0 amide bonds. The molecule has 0 radical (unpaired) electrons. The highest BCUT2D eigenvalue weighted by Gasteiger charge is 2.30. The minimum absolute atomic E-state index is 0.105. The fraction of sp³-hybridized carbons (Fsp3) is 0.946. The third-order valence-electron chi connectivity index (χ3n) is 17.1. The van der Waals surface area contributed by atoms with Crippen molar-refractivity contribution in [2.45, 2.75) is 394 Å². The van der Waals surface area contributed by atoms with E-state index in [2.05, 4.69) is 48.5 Å². The van der Waals surface area contributed by atoms with Crippen LogP contribution >= 0.6 is 15.6 Å². The largest absolute Gasteiger partial charge is 0.472 e. The molecule has 0 bridgehead atoms. The fourth-order valence-corrected chi connectivity index (χ4v) is 12.8. The van der Waals surface area contributed by atoms with Gasteiger partial charge in [0.05, 0.1) is 26.4 Å². The van der Waals surface area contributed by atoms with Crippen LogP contribution in [0, 0.1) is 17.8 Å². The molecular formula is C74H144O17P2. The summed E-state index contributed by atoms with van der Waals surface area (Å²) in [6.45, 7) is 11.8. The molecule has 3 N–H and O–H groups in total. The van der Waals surface area contributed by atoms with Crippen LogP contribution in [0.2, 0.25) is 0 Å². The molecule has 0 heterocycles. The number of carbonyl (C=O) groups is 4. The first-order chi connectivity index (χ1) is 44.7. The van der Waals surface area contributed by atoms with Gasteiger partial charge in [-0.05, 0) is 43.4 Å². The molecule has 0 fully saturated rings. The molecule has 0 saturated carbocycles. The maximum atomic E-state index is 13.1. The Hall–Kier alpha value is -1.94. The van der Waals surface area contributed by atoms with Crippen molar-refractivity contribution < 1.29 is 80.2 Å². The van der Waals surface area contributed by atoms with Gasteiger partial charge in [-0.25, -0.2) is 9.13 Å². The number of carbonyl (C=O) groups excluding carboxylic acids is 4. The summed E-state index contributed by atoms with van der Waals surface area (Å²) >= 11 is 0. The first-order valence-electron chi connectivity index (χ1n) is 38.3. The van der Waals surface area contributed by atoms with E-state index in [-0.39, 0.29) is 25.7 Å². The van der Waals surface area contributed by atoms with Crippen molar-refractivity contribution in [1.82, 2.24) is 0 Å². The average Bonchev–Trinajstić information content (AvgIpc) is 1.78. The highest BCUT2D eigenvalue weighted by molar-refractivity contribution is 7.47. The second kappa shape index (κ2) is 64.7. The van der Waals surface area contributed by atoms with Crippen LogP contribution in [0.15, 0.2) is 0 Å². The summed E-state index contributed by atoms with van der Waals surface area (Å²) in [4.78, 5) is 72.7. The molecule has 552 valence electrons. The number of phosphoric ester groups is 2. The van der Waals surface area contributed by atoms with Crippen LogP contribution < -0.4 is 0 Å². The Morgan fingerprint density at radius 3 is 0.731 bits per heavy atom. The second-order valence-corrected chi connectivity index (χ2v) is 31.0. The zero-order chi connectivity index (χ0) is 68.7. The Labute approximate surface area is 568 Å². The minimum Gasteiger partial charge on any atom is -0.462 e. The molecule has 19 heteroatoms. The molecule has 0 aromatic carbocycles. The SMILES string of the molecule is CCCCCCCCCCCCCCCCCC(=O)OC[C@H](COP(=O)(O)OC[C@@H](O)COP(=O)(O)OC[C@@H](COC(=O)CCCCCCCCCC(C)C)OC(=O)CCCCCCCCCCCCC(C)C)OC(=O)CCCCCCCCCCCCCCC(C)C. The van der Waals surface area contributed by atoms with Gasteiger partial charge in [-0.1, -0.05) is 325 Å². The van der Waals surface area contributed by atoms with Gasteiger partial charge >= 0.3 is 39.5 Å². The van der Waals surface area contributed by atoms with Crippen LogP contribution in [0.25, 0.3) is 0 Å². The van der Waals surface area contributed by atoms with Crippen LogP contribution in [0.3, 0.4) is 0 Å². The van der Waals surface area contributed by atoms with Gasteiger partial charge in [-0.3, -0.25) is 37.3 Å². The number of phosphoric acid groups is 2. The molecule has 17 nitrogen and oxygen atoms in total. The number of aliphatic hydroxyl groups is 1. The number of aliphatic hydroxyl groups excluding tert-OH is 1. The molecule has 0 spiro atoms. The smallest absolute Gasteiger partial charge is 0.462 e. The van der Waals surface area contributed by atoms with E-state index in [0.29, 0.717) is 31.6 Å². The number of hydrogen-bond acceptors (Lipinski definition) is 15. The van der Waals surface area contributed by atoms with Gasteiger partial charge < -0.3 is 33.8 Å². The molecule has 5 atom stereocenters. The van der Waals surface area contributed by atoms with Crippen molar-refractivity contribution in [1.29, 1.82) is 0 Å². The Bertz CT molecular complexity index is 1820. The van der Waals surface area contributed by atoms with Crippen LogP contribution in [-0.2, 0) is 65.4 Å². The van der Waals surface area contributed by atoms with Gasteiger partial charge in [-0.2, -0.15) is 0 Å². The molecule has 0 aliphatic carbocycles. The Morgan fingerprint density at radius 2 is 0.495 bits per heavy atom. The van der Waals surface area contributed by atoms with Crippen molar-refractivity contribution in [3.05, 3.63) is 0 Å². The topological polar surface area (TPSA) is 237 Å². The third kappa shape index (κ3) is 68.4. The fourth-order valence-electron chi connectivity index (χ4n) is 11.2. The average molecular weight is 1370 g/mol. The summed E-state index contributed by atoms with van der Waals surface area (Å²) in [5, 5.41) is 10.6. The number of ether oxygens (including phenoxy) is 4. The molecule has 0 aliphatic rings. The van der Waals surface area contributed by atoms with Crippen LogP contribution in [0.5, 0.6) is 0 Å². The lowest BCUT2D eigenvalue weighted by Gasteiger charge is -2.21. The van der Waals surface area contributed by atoms with Crippen LogP contribution in [0.4, 0.5) is 0 Å². The van der Waals surface area contributed by atoms with Crippen molar-refractivity contribution >= 4 is 39.5 Å². The first kappa shape index (κ1) is 91.1. The van der Waals surface area contributed by atoms with Gasteiger partial charge in [-0.15, -0.1) is 0 Å². The monoisotopic (exact) mass is 1370 g/mol. The van der Waals surface area contributed by atoms with E-state index in [1.807, 2.05) is 0 Å². The molecular weight excluding hydrogens is 1220 g/mol. The molecule has 2 unspecified atom stereocenters. The summed E-state index contributed by atoms with van der Waals surface area (Å²) in [5.41, 5.74) is 0. The van der Waals surface area contributed by atoms with E-state index in [9.17, 15) is 43.2 Å². The lowest BCUT2D eigenvalue weighted by molar-refractivity contribution is -0.161. The van der Waals surface area contributed by atoms with E-state index in [0.717, 1.165) is 108 Å². The lowest BCUT2D eigenvalue weighted by Crippen LogP contribution is -2.30. The van der Waals surface area contributed by atoms with E-state index in [1.54, 1.807) is 0 Å². The van der Waals surface area contributed by atoms with E-state index < -0.39 is 97.5 Å². The summed E-state index contributed by atoms with van der Waals surface area (Å²) in [5.74, 6) is 0.113. The molecule has 0 rings (SSSR count). The normalized spacial score (nSPS) is 14.1. The quantitative estimate of drug-likeness (QED) is 0.0222. The highest BCUT2D eigenvalue weighted by Crippen LogP contribution is 2.45. The van der Waals surface area contributed by atoms with Crippen molar-refractivity contribution in [2.75, 3.05) is 39.6 Å². The summed E-state index contributed by atoms with van der Waals surface area (Å²) < 4.78 is 68.5. The number of rotatable bonds is 72. The van der Waals surface area contributed by atoms with E-state index in [4.69, 9.17) is 37.0 Å². The second-order valence-electron chi connectivity index (χ2n) is 28.1.